The predicted octanol–water partition coefficient (Wildman–Crippen LogP) is 5.44. The number of allylic oxidation sites excluding steroid dienone is 1. The molecule has 0 bridgehead atoms. The lowest BCUT2D eigenvalue weighted by Crippen LogP contribution is -2.10. The number of esters is 1. The molecule has 0 unspecified atom stereocenters. The third-order valence-corrected chi connectivity index (χ3v) is 5.69. The maximum absolute atomic E-state index is 13.1. The number of carbonyl (C=O) groups is 1. The number of carbonyl (C=O) groups excluding carboxylic acids is 1. The molecule has 8 nitrogen and oxygen atoms in total. The Morgan fingerprint density at radius 1 is 1.00 bits per heavy atom. The fourth-order valence-electron chi connectivity index (χ4n) is 3.86. The lowest BCUT2D eigenvalue weighted by atomic mass is 10.0. The summed E-state index contributed by atoms with van der Waals surface area (Å²) >= 11 is 0. The highest BCUT2D eigenvalue weighted by Crippen LogP contribution is 2.27. The van der Waals surface area contributed by atoms with Crippen molar-refractivity contribution < 1.29 is 19.4 Å². The van der Waals surface area contributed by atoms with E-state index in [1.54, 1.807) is 31.4 Å². The number of nitrogens with one attached hydrogen (secondary N) is 1. The summed E-state index contributed by atoms with van der Waals surface area (Å²) in [6, 6.07) is 25.4. The molecule has 36 heavy (non-hydrogen) atoms. The number of imidazole rings is 1. The number of aromatic amines is 1. The van der Waals surface area contributed by atoms with Gasteiger partial charge in [-0.1, -0.05) is 30.3 Å². The fourth-order valence-corrected chi connectivity index (χ4v) is 3.86. The molecular weight excluding hydrogens is 456 g/mol. The van der Waals surface area contributed by atoms with E-state index in [-0.39, 0.29) is 11.4 Å². The Balaban J connectivity index is 1.45. The number of hydrogen-bond donors (Lipinski definition) is 2. The van der Waals surface area contributed by atoms with E-state index >= 15 is 0 Å². The molecule has 0 fully saturated rings. The van der Waals surface area contributed by atoms with Gasteiger partial charge >= 0.3 is 5.97 Å². The Kier molecular flexibility index (Phi) is 6.03. The van der Waals surface area contributed by atoms with Crippen molar-refractivity contribution in [3.8, 4) is 23.1 Å². The van der Waals surface area contributed by atoms with Gasteiger partial charge in [-0.25, -0.2) is 14.8 Å². The number of methoxy groups -OCH3 is 1. The number of aliphatic hydroxyl groups excluding tert-OH is 1. The van der Waals surface area contributed by atoms with E-state index in [2.05, 4.69) is 15.0 Å². The third kappa shape index (κ3) is 4.33. The molecule has 0 saturated heterocycles. The number of para-hydroxylation sites is 3. The summed E-state index contributed by atoms with van der Waals surface area (Å²) < 4.78 is 10.6. The topological polar surface area (TPSA) is 121 Å². The minimum absolute atomic E-state index is 0.0995. The molecule has 0 aliphatic heterocycles. The number of ether oxygens (including phenoxy) is 2. The number of H-pyrrole nitrogens is 1. The molecule has 3 aromatic carbocycles. The summed E-state index contributed by atoms with van der Waals surface area (Å²) in [5.74, 6) is -0.155. The Hall–Kier alpha value is -5.16. The van der Waals surface area contributed by atoms with Crippen LogP contribution in [0.25, 0.3) is 38.8 Å². The largest absolute Gasteiger partial charge is 0.507 e. The summed E-state index contributed by atoms with van der Waals surface area (Å²) in [7, 11) is 1.59. The smallest absolute Gasteiger partial charge is 0.339 e. The Bertz CT molecular complexity index is 1630. The summed E-state index contributed by atoms with van der Waals surface area (Å²) in [6.45, 7) is -0.493. The van der Waals surface area contributed by atoms with Crippen molar-refractivity contribution in [2.24, 2.45) is 0 Å². The van der Waals surface area contributed by atoms with Crippen LogP contribution in [0.1, 0.15) is 16.2 Å². The maximum Gasteiger partial charge on any atom is 0.339 e. The molecule has 0 atom stereocenters. The molecule has 176 valence electrons. The SMILES string of the molecule is COc1ccc(-c2cc(C(=O)OC/C(O)=C(\C#N)c3nc4ccccc4[nH]3)c3ccccc3n2)cc1. The van der Waals surface area contributed by atoms with Gasteiger partial charge in [-0.2, -0.15) is 5.26 Å². The van der Waals surface area contributed by atoms with Gasteiger partial charge in [0.25, 0.3) is 0 Å². The van der Waals surface area contributed by atoms with E-state index in [4.69, 9.17) is 9.47 Å². The summed E-state index contributed by atoms with van der Waals surface area (Å²) in [4.78, 5) is 25.1. The van der Waals surface area contributed by atoms with Crippen molar-refractivity contribution in [3.05, 3.63) is 96.0 Å². The van der Waals surface area contributed by atoms with Gasteiger partial charge in [-0.15, -0.1) is 0 Å². The Morgan fingerprint density at radius 2 is 1.72 bits per heavy atom. The van der Waals surface area contributed by atoms with Crippen LogP contribution in [0.5, 0.6) is 5.75 Å². The lowest BCUT2D eigenvalue weighted by molar-refractivity contribution is 0.0505. The van der Waals surface area contributed by atoms with Crippen LogP contribution in [0.15, 0.2) is 84.6 Å². The fraction of sp³-hybridized carbons (Fsp3) is 0.0714. The first-order valence-electron chi connectivity index (χ1n) is 11.1. The Labute approximate surface area is 206 Å². The highest BCUT2D eigenvalue weighted by Gasteiger charge is 2.18. The maximum atomic E-state index is 13.1. The predicted molar refractivity (Wildman–Crippen MR) is 135 cm³/mol. The minimum Gasteiger partial charge on any atom is -0.507 e. The van der Waals surface area contributed by atoms with Crippen molar-refractivity contribution in [3.63, 3.8) is 0 Å². The number of fused-ring (bicyclic) bond motifs is 2. The zero-order valence-corrected chi connectivity index (χ0v) is 19.2. The lowest BCUT2D eigenvalue weighted by Gasteiger charge is -2.11. The van der Waals surface area contributed by atoms with Gasteiger partial charge in [0.2, 0.25) is 0 Å². The van der Waals surface area contributed by atoms with Gasteiger partial charge in [-0.05, 0) is 48.5 Å². The summed E-state index contributed by atoms with van der Waals surface area (Å²) in [6.07, 6.45) is 0. The molecule has 2 heterocycles. The van der Waals surface area contributed by atoms with Crippen LogP contribution >= 0.6 is 0 Å². The first-order valence-corrected chi connectivity index (χ1v) is 11.1. The van der Waals surface area contributed by atoms with Crippen molar-refractivity contribution in [1.82, 2.24) is 15.0 Å². The van der Waals surface area contributed by atoms with Gasteiger partial charge in [-0.3, -0.25) is 0 Å². The van der Waals surface area contributed by atoms with E-state index in [1.807, 2.05) is 60.7 Å². The van der Waals surface area contributed by atoms with Gasteiger partial charge in [0.15, 0.2) is 11.6 Å². The zero-order chi connectivity index (χ0) is 25.1. The summed E-state index contributed by atoms with van der Waals surface area (Å²) in [5, 5.41) is 20.8. The number of nitrogens with zero attached hydrogens (tertiary/aromatic N) is 3. The number of hydrogen-bond acceptors (Lipinski definition) is 7. The van der Waals surface area contributed by atoms with E-state index < -0.39 is 18.3 Å². The number of aliphatic hydroxyl groups is 1. The molecule has 0 saturated carbocycles. The van der Waals surface area contributed by atoms with Crippen molar-refractivity contribution in [2.75, 3.05) is 13.7 Å². The van der Waals surface area contributed by atoms with Crippen LogP contribution in [0.4, 0.5) is 0 Å². The Morgan fingerprint density at radius 3 is 2.44 bits per heavy atom. The molecule has 0 radical (unpaired) electrons. The van der Waals surface area contributed by atoms with E-state index in [0.717, 1.165) is 11.1 Å². The van der Waals surface area contributed by atoms with Crippen LogP contribution in [-0.2, 0) is 4.74 Å². The van der Waals surface area contributed by atoms with Crippen LogP contribution in [0, 0.1) is 11.3 Å². The molecule has 0 aliphatic carbocycles. The van der Waals surface area contributed by atoms with E-state index in [0.29, 0.717) is 33.4 Å². The van der Waals surface area contributed by atoms with Crippen molar-refractivity contribution >= 4 is 33.5 Å². The quantitative estimate of drug-likeness (QED) is 0.190. The zero-order valence-electron chi connectivity index (χ0n) is 19.2. The number of pyridine rings is 1. The van der Waals surface area contributed by atoms with Gasteiger partial charge in [0, 0.05) is 10.9 Å². The first-order chi connectivity index (χ1) is 17.6. The highest BCUT2D eigenvalue weighted by atomic mass is 16.5. The summed E-state index contributed by atoms with van der Waals surface area (Å²) in [5.41, 5.74) is 3.58. The second-order valence-corrected chi connectivity index (χ2v) is 7.91. The van der Waals surface area contributed by atoms with Gasteiger partial charge in [0.1, 0.15) is 24.0 Å². The normalized spacial score (nSPS) is 11.7. The molecule has 0 spiro atoms. The van der Waals surface area contributed by atoms with Crippen molar-refractivity contribution in [1.29, 1.82) is 5.26 Å². The highest BCUT2D eigenvalue weighted by molar-refractivity contribution is 6.04. The number of aromatic nitrogens is 3. The molecular formula is C28H20N4O4. The second-order valence-electron chi connectivity index (χ2n) is 7.91. The average Bonchev–Trinajstić information content (AvgIpc) is 3.35. The molecule has 2 aromatic heterocycles. The first kappa shape index (κ1) is 22.6. The molecule has 5 aromatic rings. The molecule has 0 amide bonds. The standard InChI is InChI=1S/C28H20N4O4/c1-35-18-12-10-17(11-13-18)25-14-20(19-6-2-3-7-22(19)30-25)28(34)36-16-26(33)21(15-29)27-31-23-8-4-5-9-24(23)32-27/h2-14,33H,16H2,1H3,(H,31,32)/b26-21-. The minimum atomic E-state index is -0.656. The van der Waals surface area contributed by atoms with Crippen molar-refractivity contribution in [2.45, 2.75) is 0 Å². The van der Waals surface area contributed by atoms with Crippen LogP contribution in [0.3, 0.4) is 0 Å². The molecule has 5 rings (SSSR count). The van der Waals surface area contributed by atoms with Crippen LogP contribution in [0.2, 0.25) is 0 Å². The number of benzene rings is 3. The average molecular weight is 476 g/mol. The van der Waals surface area contributed by atoms with E-state index in [1.165, 1.54) is 0 Å². The van der Waals surface area contributed by atoms with Gasteiger partial charge < -0.3 is 19.6 Å². The van der Waals surface area contributed by atoms with Crippen LogP contribution in [-0.4, -0.2) is 39.7 Å². The molecule has 0 aliphatic rings. The monoisotopic (exact) mass is 476 g/mol. The molecule has 8 heteroatoms. The van der Waals surface area contributed by atoms with E-state index in [9.17, 15) is 15.2 Å². The third-order valence-electron chi connectivity index (χ3n) is 5.69. The number of rotatable bonds is 6. The molecule has 2 N–H and O–H groups in total. The number of nitriles is 1. The van der Waals surface area contributed by atoms with Gasteiger partial charge in [0.05, 0.1) is 34.9 Å². The van der Waals surface area contributed by atoms with Crippen LogP contribution < -0.4 is 4.74 Å². The second kappa shape index (κ2) is 9.60.